The Labute approximate surface area is 175 Å². The minimum Gasteiger partial charge on any atom is -0.0697 e. The Morgan fingerprint density at radius 3 is 1.64 bits per heavy atom. The van der Waals surface area contributed by atoms with Crippen molar-refractivity contribution in [1.82, 2.24) is 0 Å². The fraction of sp³-hybridized carbons (Fsp3) is 0.481. The molecular weight excluding hydrogens is 355 g/mol. The molecule has 0 saturated heterocycles. The molecule has 0 heterocycles. The summed E-state index contributed by atoms with van der Waals surface area (Å²) in [7, 11) is 0.490. The standard InChI is InChI=1S/C27H37P/c1-19-13-11-12-14-20(19)15-16-28-24-22(26(5,6)7)17-21(25(2,3)4)18-23(24)27(8,9)10/h11-14,17-18,28H,1-10H3. The van der Waals surface area contributed by atoms with E-state index in [1.54, 1.807) is 0 Å². The third-order valence-electron chi connectivity index (χ3n) is 5.15. The van der Waals surface area contributed by atoms with Crippen LogP contribution in [0.15, 0.2) is 36.4 Å². The van der Waals surface area contributed by atoms with Gasteiger partial charge in [-0.25, -0.2) is 0 Å². The van der Waals surface area contributed by atoms with Gasteiger partial charge in [0, 0.05) is 5.56 Å². The van der Waals surface area contributed by atoms with Gasteiger partial charge in [-0.05, 0) is 65.4 Å². The molecule has 0 nitrogen and oxygen atoms in total. The van der Waals surface area contributed by atoms with Crippen LogP contribution < -0.4 is 5.30 Å². The van der Waals surface area contributed by atoms with E-state index in [4.69, 9.17) is 0 Å². The lowest BCUT2D eigenvalue weighted by Gasteiger charge is -2.33. The Hall–Kier alpha value is -1.57. The lowest BCUT2D eigenvalue weighted by Crippen LogP contribution is -2.30. The van der Waals surface area contributed by atoms with E-state index in [-0.39, 0.29) is 16.2 Å². The van der Waals surface area contributed by atoms with Crippen molar-refractivity contribution in [3.63, 3.8) is 0 Å². The molecule has 150 valence electrons. The highest BCUT2D eigenvalue weighted by Crippen LogP contribution is 2.36. The lowest BCUT2D eigenvalue weighted by molar-refractivity contribution is 0.554. The summed E-state index contributed by atoms with van der Waals surface area (Å²) in [5.41, 5.74) is 10.5. The molecule has 0 fully saturated rings. The molecule has 2 aromatic rings. The number of benzene rings is 2. The van der Waals surface area contributed by atoms with Crippen molar-refractivity contribution in [1.29, 1.82) is 0 Å². The van der Waals surface area contributed by atoms with Gasteiger partial charge in [0.05, 0.1) is 0 Å². The molecule has 0 spiro atoms. The molecule has 1 atom stereocenters. The molecule has 1 heteroatoms. The summed E-state index contributed by atoms with van der Waals surface area (Å²) in [6.07, 6.45) is 0. The minimum atomic E-state index is 0.0912. The van der Waals surface area contributed by atoms with Crippen LogP contribution in [0.3, 0.4) is 0 Å². The SMILES string of the molecule is Cc1ccccc1C#CPc1c(C(C)(C)C)cc(C(C)(C)C)cc1C(C)(C)C. The first-order chi connectivity index (χ1) is 12.7. The highest BCUT2D eigenvalue weighted by atomic mass is 31.1. The van der Waals surface area contributed by atoms with Crippen LogP contribution in [0.1, 0.15) is 90.1 Å². The van der Waals surface area contributed by atoms with Crippen molar-refractivity contribution in [3.8, 4) is 11.6 Å². The van der Waals surface area contributed by atoms with Crippen molar-refractivity contribution in [2.45, 2.75) is 85.5 Å². The fourth-order valence-electron chi connectivity index (χ4n) is 3.27. The Morgan fingerprint density at radius 2 is 1.21 bits per heavy atom. The highest BCUT2D eigenvalue weighted by Gasteiger charge is 2.28. The summed E-state index contributed by atoms with van der Waals surface area (Å²) < 4.78 is 0. The van der Waals surface area contributed by atoms with Crippen molar-refractivity contribution < 1.29 is 0 Å². The summed E-state index contributed by atoms with van der Waals surface area (Å²) in [4.78, 5) is 0. The van der Waals surface area contributed by atoms with Crippen molar-refractivity contribution >= 4 is 13.9 Å². The summed E-state index contributed by atoms with van der Waals surface area (Å²) in [6.45, 7) is 23.0. The second kappa shape index (κ2) is 8.05. The van der Waals surface area contributed by atoms with Gasteiger partial charge in [-0.15, -0.1) is 0 Å². The smallest absolute Gasteiger partial charge is 0.0277 e. The van der Waals surface area contributed by atoms with Crippen LogP contribution in [0.5, 0.6) is 0 Å². The summed E-state index contributed by atoms with van der Waals surface area (Å²) in [5.74, 6) is 3.43. The molecule has 0 saturated carbocycles. The van der Waals surface area contributed by atoms with Crippen molar-refractivity contribution in [2.24, 2.45) is 0 Å². The van der Waals surface area contributed by atoms with E-state index in [0.717, 1.165) is 5.56 Å². The maximum Gasteiger partial charge on any atom is 0.0277 e. The molecule has 0 aliphatic heterocycles. The zero-order chi connectivity index (χ0) is 21.3. The van der Waals surface area contributed by atoms with E-state index in [9.17, 15) is 0 Å². The predicted octanol–water partition coefficient (Wildman–Crippen LogP) is 7.20. The summed E-state index contributed by atoms with van der Waals surface area (Å²) in [6, 6.07) is 13.3. The van der Waals surface area contributed by atoms with E-state index in [2.05, 4.69) is 117 Å². The maximum absolute atomic E-state index is 3.52. The Kier molecular flexibility index (Phi) is 6.53. The van der Waals surface area contributed by atoms with Gasteiger partial charge in [-0.2, -0.15) is 0 Å². The molecule has 0 amide bonds. The first kappa shape index (κ1) is 22.7. The molecule has 1 unspecified atom stereocenters. The van der Waals surface area contributed by atoms with E-state index in [0.29, 0.717) is 8.58 Å². The predicted molar refractivity (Wildman–Crippen MR) is 129 cm³/mol. The van der Waals surface area contributed by atoms with Gasteiger partial charge in [-0.3, -0.25) is 0 Å². The van der Waals surface area contributed by atoms with Crippen molar-refractivity contribution in [2.75, 3.05) is 0 Å². The molecule has 0 bridgehead atoms. The second-order valence-corrected chi connectivity index (χ2v) is 11.9. The van der Waals surface area contributed by atoms with Crippen LogP contribution in [0.2, 0.25) is 0 Å². The monoisotopic (exact) mass is 392 g/mol. The van der Waals surface area contributed by atoms with Crippen LogP contribution in [0, 0.1) is 18.5 Å². The fourth-order valence-corrected chi connectivity index (χ4v) is 4.75. The Morgan fingerprint density at radius 1 is 0.714 bits per heavy atom. The average molecular weight is 393 g/mol. The normalized spacial score (nSPS) is 12.9. The van der Waals surface area contributed by atoms with E-state index in [1.807, 2.05) is 0 Å². The molecule has 0 radical (unpaired) electrons. The van der Waals surface area contributed by atoms with Crippen LogP contribution in [-0.2, 0) is 16.2 Å². The summed E-state index contributed by atoms with van der Waals surface area (Å²) >= 11 is 0. The van der Waals surface area contributed by atoms with Gasteiger partial charge < -0.3 is 0 Å². The number of aryl methyl sites for hydroxylation is 1. The first-order valence-electron chi connectivity index (χ1n) is 10.2. The molecular formula is C27H37P. The molecule has 0 aliphatic rings. The van der Waals surface area contributed by atoms with Gasteiger partial charge in [-0.1, -0.05) is 104 Å². The molecule has 28 heavy (non-hydrogen) atoms. The van der Waals surface area contributed by atoms with Gasteiger partial charge >= 0.3 is 0 Å². The van der Waals surface area contributed by atoms with E-state index < -0.39 is 0 Å². The molecule has 0 N–H and O–H groups in total. The van der Waals surface area contributed by atoms with Crippen LogP contribution >= 0.6 is 8.58 Å². The topological polar surface area (TPSA) is 0 Å². The lowest BCUT2D eigenvalue weighted by atomic mass is 9.75. The van der Waals surface area contributed by atoms with E-state index >= 15 is 0 Å². The summed E-state index contributed by atoms with van der Waals surface area (Å²) in [5, 5.41) is 1.44. The number of rotatable bonds is 1. The van der Waals surface area contributed by atoms with Gasteiger partial charge in [0.15, 0.2) is 0 Å². The zero-order valence-electron chi connectivity index (χ0n) is 19.5. The van der Waals surface area contributed by atoms with Crippen molar-refractivity contribution in [3.05, 3.63) is 64.2 Å². The van der Waals surface area contributed by atoms with Gasteiger partial charge in [0.2, 0.25) is 0 Å². The minimum absolute atomic E-state index is 0.0912. The Balaban J connectivity index is 2.66. The van der Waals surface area contributed by atoms with Crippen LogP contribution in [0.4, 0.5) is 0 Å². The largest absolute Gasteiger partial charge is 0.0697 e. The zero-order valence-corrected chi connectivity index (χ0v) is 20.5. The number of hydrogen-bond acceptors (Lipinski definition) is 0. The second-order valence-electron chi connectivity index (χ2n) is 10.9. The number of hydrogen-bond donors (Lipinski definition) is 0. The first-order valence-corrected chi connectivity index (χ1v) is 11.2. The van der Waals surface area contributed by atoms with Gasteiger partial charge in [0.25, 0.3) is 0 Å². The quantitative estimate of drug-likeness (QED) is 0.355. The maximum atomic E-state index is 3.52. The highest BCUT2D eigenvalue weighted by molar-refractivity contribution is 7.52. The van der Waals surface area contributed by atoms with Crippen LogP contribution in [0.25, 0.3) is 0 Å². The third-order valence-corrected chi connectivity index (χ3v) is 6.19. The average Bonchev–Trinajstić information content (AvgIpc) is 2.53. The van der Waals surface area contributed by atoms with Crippen LogP contribution in [-0.4, -0.2) is 0 Å². The Bertz CT molecular complexity index is 865. The van der Waals surface area contributed by atoms with E-state index in [1.165, 1.54) is 27.6 Å². The molecule has 0 aliphatic carbocycles. The van der Waals surface area contributed by atoms with Gasteiger partial charge in [0.1, 0.15) is 0 Å². The third kappa shape index (κ3) is 5.49. The molecule has 2 rings (SSSR count). The molecule has 2 aromatic carbocycles. The molecule has 0 aromatic heterocycles.